The lowest BCUT2D eigenvalue weighted by molar-refractivity contribution is -0.383. The number of hydrogen-bond acceptors (Lipinski definition) is 4. The van der Waals surface area contributed by atoms with Gasteiger partial charge in [-0.2, -0.15) is 0 Å². The van der Waals surface area contributed by atoms with Gasteiger partial charge in [0, 0.05) is 12.6 Å². The van der Waals surface area contributed by atoms with Crippen molar-refractivity contribution in [2.45, 2.75) is 39.2 Å². The molecule has 0 saturated heterocycles. The standard InChI is InChI=1S/C14H21N3O2/c1-3-15-12-8-5-9-13(14(12)17(18)19)16-10(2)11-6-4-7-11/h5,8-11,15-16H,3-4,6-7H2,1-2H3. The molecule has 1 aliphatic carbocycles. The van der Waals surface area contributed by atoms with Crippen LogP contribution in [0.5, 0.6) is 0 Å². The molecule has 0 aliphatic heterocycles. The minimum absolute atomic E-state index is 0.149. The van der Waals surface area contributed by atoms with E-state index < -0.39 is 0 Å². The van der Waals surface area contributed by atoms with Crippen LogP contribution < -0.4 is 10.6 Å². The van der Waals surface area contributed by atoms with Gasteiger partial charge in [-0.05, 0) is 44.7 Å². The second-order valence-electron chi connectivity index (χ2n) is 5.11. The molecular formula is C14H21N3O2. The van der Waals surface area contributed by atoms with E-state index >= 15 is 0 Å². The third-order valence-corrected chi connectivity index (χ3v) is 3.83. The first-order valence-electron chi connectivity index (χ1n) is 6.91. The van der Waals surface area contributed by atoms with E-state index in [1.165, 1.54) is 19.3 Å². The number of nitro benzene ring substituents is 1. The molecule has 0 aromatic heterocycles. The van der Waals surface area contributed by atoms with Crippen LogP contribution in [0, 0.1) is 16.0 Å². The molecule has 0 spiro atoms. The summed E-state index contributed by atoms with van der Waals surface area (Å²) in [6.45, 7) is 4.71. The second kappa shape index (κ2) is 5.91. The number of hydrogen-bond donors (Lipinski definition) is 2. The highest BCUT2D eigenvalue weighted by molar-refractivity contribution is 5.76. The van der Waals surface area contributed by atoms with Crippen molar-refractivity contribution in [3.8, 4) is 0 Å². The van der Waals surface area contributed by atoms with Gasteiger partial charge in [0.05, 0.1) is 4.92 Å². The fourth-order valence-electron chi connectivity index (χ4n) is 2.49. The van der Waals surface area contributed by atoms with Gasteiger partial charge in [0.2, 0.25) is 0 Å². The lowest BCUT2D eigenvalue weighted by atomic mass is 9.80. The Balaban J connectivity index is 2.22. The van der Waals surface area contributed by atoms with E-state index in [9.17, 15) is 10.1 Å². The molecule has 5 heteroatoms. The molecule has 1 unspecified atom stereocenters. The third kappa shape index (κ3) is 2.97. The van der Waals surface area contributed by atoms with Crippen LogP contribution in [0.25, 0.3) is 0 Å². The topological polar surface area (TPSA) is 67.2 Å². The van der Waals surface area contributed by atoms with Gasteiger partial charge in [-0.15, -0.1) is 0 Å². The zero-order valence-electron chi connectivity index (χ0n) is 11.5. The smallest absolute Gasteiger partial charge is 0.315 e. The van der Waals surface area contributed by atoms with E-state index in [2.05, 4.69) is 17.6 Å². The maximum atomic E-state index is 11.3. The Bertz CT molecular complexity index is 458. The van der Waals surface area contributed by atoms with E-state index in [0.29, 0.717) is 23.8 Å². The highest BCUT2D eigenvalue weighted by Gasteiger charge is 2.26. The van der Waals surface area contributed by atoms with E-state index in [1.807, 2.05) is 13.0 Å². The van der Waals surface area contributed by atoms with Gasteiger partial charge >= 0.3 is 5.69 Å². The Labute approximate surface area is 113 Å². The average molecular weight is 263 g/mol. The molecule has 1 aliphatic rings. The molecule has 5 nitrogen and oxygen atoms in total. The largest absolute Gasteiger partial charge is 0.380 e. The Hall–Kier alpha value is -1.78. The first-order chi connectivity index (χ1) is 9.13. The highest BCUT2D eigenvalue weighted by atomic mass is 16.6. The molecule has 19 heavy (non-hydrogen) atoms. The van der Waals surface area contributed by atoms with E-state index in [4.69, 9.17) is 0 Å². The van der Waals surface area contributed by atoms with Gasteiger partial charge in [0.25, 0.3) is 0 Å². The Morgan fingerprint density at radius 2 is 2.11 bits per heavy atom. The summed E-state index contributed by atoms with van der Waals surface area (Å²) in [5.41, 5.74) is 1.34. The third-order valence-electron chi connectivity index (χ3n) is 3.83. The van der Waals surface area contributed by atoms with Gasteiger partial charge in [-0.1, -0.05) is 12.5 Å². The first-order valence-corrected chi connectivity index (χ1v) is 6.91. The summed E-state index contributed by atoms with van der Waals surface area (Å²) in [6.07, 6.45) is 3.71. The fraction of sp³-hybridized carbons (Fsp3) is 0.571. The van der Waals surface area contributed by atoms with E-state index in [-0.39, 0.29) is 16.7 Å². The Morgan fingerprint density at radius 3 is 2.63 bits per heavy atom. The van der Waals surface area contributed by atoms with Crippen molar-refractivity contribution in [2.24, 2.45) is 5.92 Å². The van der Waals surface area contributed by atoms with Crippen LogP contribution in [-0.4, -0.2) is 17.5 Å². The SMILES string of the molecule is CCNc1cccc(NC(C)C2CCC2)c1[N+](=O)[O-]. The molecular weight excluding hydrogens is 242 g/mol. The minimum atomic E-state index is -0.312. The van der Waals surface area contributed by atoms with Gasteiger partial charge in [-0.3, -0.25) is 10.1 Å². The molecule has 0 heterocycles. The number of rotatable bonds is 6. The summed E-state index contributed by atoms with van der Waals surface area (Å²) in [5.74, 6) is 0.641. The normalized spacial score (nSPS) is 16.5. The zero-order chi connectivity index (χ0) is 13.8. The van der Waals surface area contributed by atoms with Crippen LogP contribution in [-0.2, 0) is 0 Å². The van der Waals surface area contributed by atoms with E-state index in [0.717, 1.165) is 0 Å². The van der Waals surface area contributed by atoms with Crippen molar-refractivity contribution < 1.29 is 4.92 Å². The highest BCUT2D eigenvalue weighted by Crippen LogP contribution is 2.36. The quantitative estimate of drug-likeness (QED) is 0.607. The lowest BCUT2D eigenvalue weighted by Gasteiger charge is -2.32. The van der Waals surface area contributed by atoms with Crippen molar-refractivity contribution in [2.75, 3.05) is 17.2 Å². The van der Waals surface area contributed by atoms with Crippen LogP contribution >= 0.6 is 0 Å². The minimum Gasteiger partial charge on any atom is -0.380 e. The number of benzene rings is 1. The van der Waals surface area contributed by atoms with Crippen LogP contribution in [0.4, 0.5) is 17.1 Å². The monoisotopic (exact) mass is 263 g/mol. The maximum absolute atomic E-state index is 11.3. The summed E-state index contributed by atoms with van der Waals surface area (Å²) < 4.78 is 0. The van der Waals surface area contributed by atoms with Gasteiger partial charge in [0.15, 0.2) is 0 Å². The molecule has 0 bridgehead atoms. The summed E-state index contributed by atoms with van der Waals surface area (Å²) in [6, 6.07) is 5.67. The van der Waals surface area contributed by atoms with Gasteiger partial charge in [-0.25, -0.2) is 0 Å². The van der Waals surface area contributed by atoms with Crippen molar-refractivity contribution in [3.05, 3.63) is 28.3 Å². The molecule has 1 atom stereocenters. The molecule has 0 radical (unpaired) electrons. The predicted octanol–water partition coefficient (Wildman–Crippen LogP) is 3.63. The van der Waals surface area contributed by atoms with Crippen molar-refractivity contribution in [1.82, 2.24) is 0 Å². The molecule has 104 valence electrons. The molecule has 1 aromatic rings. The lowest BCUT2D eigenvalue weighted by Crippen LogP contribution is -2.31. The molecule has 1 fully saturated rings. The van der Waals surface area contributed by atoms with Crippen molar-refractivity contribution in [1.29, 1.82) is 0 Å². The van der Waals surface area contributed by atoms with Crippen molar-refractivity contribution >= 4 is 17.1 Å². The number of nitrogens with one attached hydrogen (secondary N) is 2. The molecule has 1 aromatic carbocycles. The van der Waals surface area contributed by atoms with Crippen molar-refractivity contribution in [3.63, 3.8) is 0 Å². The van der Waals surface area contributed by atoms with Crippen LogP contribution in [0.3, 0.4) is 0 Å². The number of nitrogens with zero attached hydrogens (tertiary/aromatic N) is 1. The molecule has 1 saturated carbocycles. The number of anilines is 2. The molecule has 2 rings (SSSR count). The summed E-state index contributed by atoms with van der Waals surface area (Å²) in [4.78, 5) is 11.0. The summed E-state index contributed by atoms with van der Waals surface area (Å²) >= 11 is 0. The second-order valence-corrected chi connectivity index (χ2v) is 5.11. The van der Waals surface area contributed by atoms with Gasteiger partial charge < -0.3 is 10.6 Å². The maximum Gasteiger partial charge on any atom is 0.315 e. The summed E-state index contributed by atoms with van der Waals surface area (Å²) in [5, 5.41) is 17.6. The number of nitro groups is 1. The molecule has 2 N–H and O–H groups in total. The van der Waals surface area contributed by atoms with Crippen LogP contribution in [0.1, 0.15) is 33.1 Å². The zero-order valence-corrected chi connectivity index (χ0v) is 11.5. The van der Waals surface area contributed by atoms with Crippen LogP contribution in [0.2, 0.25) is 0 Å². The first kappa shape index (κ1) is 13.6. The molecule has 0 amide bonds. The summed E-state index contributed by atoms with van der Waals surface area (Å²) in [7, 11) is 0. The predicted molar refractivity (Wildman–Crippen MR) is 77.7 cm³/mol. The Morgan fingerprint density at radius 1 is 1.42 bits per heavy atom. The number of para-hydroxylation sites is 1. The fourth-order valence-corrected chi connectivity index (χ4v) is 2.49. The Kier molecular flexibility index (Phi) is 4.24. The average Bonchev–Trinajstić information content (AvgIpc) is 2.26. The van der Waals surface area contributed by atoms with Gasteiger partial charge in [0.1, 0.15) is 11.4 Å². The van der Waals surface area contributed by atoms with Crippen LogP contribution in [0.15, 0.2) is 18.2 Å². The van der Waals surface area contributed by atoms with E-state index in [1.54, 1.807) is 12.1 Å².